The molecular formula is C10H9NO2. The van der Waals surface area contributed by atoms with Crippen LogP contribution >= 0.6 is 0 Å². The molecule has 1 heterocycles. The van der Waals surface area contributed by atoms with Gasteiger partial charge in [0.05, 0.1) is 6.20 Å². The summed E-state index contributed by atoms with van der Waals surface area (Å²) in [5.74, 6) is 0.795. The molecule has 0 bridgehead atoms. The summed E-state index contributed by atoms with van der Waals surface area (Å²) in [6.45, 7) is 1.83. The molecule has 0 aliphatic heterocycles. The smallest absolute Gasteiger partial charge is 0.226 e. The Hall–Kier alpha value is -1.77. The van der Waals surface area contributed by atoms with Gasteiger partial charge in [0.2, 0.25) is 5.89 Å². The highest BCUT2D eigenvalue weighted by atomic mass is 16.3. The van der Waals surface area contributed by atoms with E-state index >= 15 is 0 Å². The van der Waals surface area contributed by atoms with Crippen LogP contribution in [-0.2, 0) is 0 Å². The minimum Gasteiger partial charge on any atom is -0.508 e. The van der Waals surface area contributed by atoms with Crippen LogP contribution in [-0.4, -0.2) is 10.1 Å². The third kappa shape index (κ3) is 1.28. The number of oxazole rings is 1. The summed E-state index contributed by atoms with van der Waals surface area (Å²) in [6.07, 6.45) is 3.09. The van der Waals surface area contributed by atoms with E-state index in [2.05, 4.69) is 4.98 Å². The van der Waals surface area contributed by atoms with E-state index in [0.29, 0.717) is 5.89 Å². The number of phenolic OH excluding ortho intramolecular Hbond substituents is 1. The Kier molecular flexibility index (Phi) is 1.77. The zero-order valence-electron chi connectivity index (χ0n) is 7.19. The van der Waals surface area contributed by atoms with Crippen molar-refractivity contribution in [2.75, 3.05) is 0 Å². The van der Waals surface area contributed by atoms with Crippen LogP contribution in [0.3, 0.4) is 0 Å². The SMILES string of the molecule is Cc1c(O)cccc1-c1ncco1. The molecule has 0 aliphatic rings. The van der Waals surface area contributed by atoms with E-state index < -0.39 is 0 Å². The largest absolute Gasteiger partial charge is 0.508 e. The Morgan fingerprint density at radius 1 is 1.38 bits per heavy atom. The maximum absolute atomic E-state index is 9.43. The molecule has 2 rings (SSSR count). The number of aromatic hydroxyl groups is 1. The standard InChI is InChI=1S/C10H9NO2/c1-7-8(3-2-4-9(7)12)10-11-5-6-13-10/h2-6,12H,1H3. The molecule has 13 heavy (non-hydrogen) atoms. The van der Waals surface area contributed by atoms with Crippen LogP contribution in [0.2, 0.25) is 0 Å². The van der Waals surface area contributed by atoms with E-state index in [1.807, 2.05) is 13.0 Å². The minimum atomic E-state index is 0.260. The molecule has 1 N–H and O–H groups in total. The van der Waals surface area contributed by atoms with E-state index in [-0.39, 0.29) is 5.75 Å². The topological polar surface area (TPSA) is 46.3 Å². The van der Waals surface area contributed by atoms with Gasteiger partial charge in [0.15, 0.2) is 0 Å². The summed E-state index contributed by atoms with van der Waals surface area (Å²) in [4.78, 5) is 4.01. The Morgan fingerprint density at radius 3 is 2.92 bits per heavy atom. The van der Waals surface area contributed by atoms with Gasteiger partial charge in [0, 0.05) is 11.1 Å². The first-order chi connectivity index (χ1) is 6.29. The molecule has 0 fully saturated rings. The van der Waals surface area contributed by atoms with Gasteiger partial charge in [-0.15, -0.1) is 0 Å². The molecule has 0 spiro atoms. The lowest BCUT2D eigenvalue weighted by atomic mass is 10.1. The fourth-order valence-electron chi connectivity index (χ4n) is 1.21. The van der Waals surface area contributed by atoms with Crippen molar-refractivity contribution < 1.29 is 9.52 Å². The van der Waals surface area contributed by atoms with Gasteiger partial charge in [-0.05, 0) is 19.1 Å². The van der Waals surface area contributed by atoms with Gasteiger partial charge >= 0.3 is 0 Å². The molecule has 0 amide bonds. The summed E-state index contributed by atoms with van der Waals surface area (Å²) in [6, 6.07) is 5.27. The quantitative estimate of drug-likeness (QED) is 0.723. The van der Waals surface area contributed by atoms with Crippen molar-refractivity contribution in [1.82, 2.24) is 4.98 Å². The van der Waals surface area contributed by atoms with Gasteiger partial charge in [0.25, 0.3) is 0 Å². The lowest BCUT2D eigenvalue weighted by molar-refractivity contribution is 0.470. The monoisotopic (exact) mass is 175 g/mol. The molecule has 0 saturated heterocycles. The van der Waals surface area contributed by atoms with Crippen LogP contribution in [0.15, 0.2) is 35.1 Å². The van der Waals surface area contributed by atoms with Crippen molar-refractivity contribution in [3.05, 3.63) is 36.2 Å². The number of hydrogen-bond donors (Lipinski definition) is 1. The predicted octanol–water partition coefficient (Wildman–Crippen LogP) is 2.36. The van der Waals surface area contributed by atoms with Gasteiger partial charge in [-0.25, -0.2) is 4.98 Å². The molecule has 0 saturated carbocycles. The van der Waals surface area contributed by atoms with E-state index in [0.717, 1.165) is 11.1 Å². The van der Waals surface area contributed by atoms with Crippen LogP contribution in [0.4, 0.5) is 0 Å². The summed E-state index contributed by atoms with van der Waals surface area (Å²) >= 11 is 0. The zero-order chi connectivity index (χ0) is 9.26. The van der Waals surface area contributed by atoms with Crippen LogP contribution < -0.4 is 0 Å². The maximum atomic E-state index is 9.43. The van der Waals surface area contributed by atoms with Gasteiger partial charge in [-0.2, -0.15) is 0 Å². The summed E-state index contributed by atoms with van der Waals surface area (Å²) in [5, 5.41) is 9.43. The highest BCUT2D eigenvalue weighted by molar-refractivity contribution is 5.61. The molecule has 66 valence electrons. The number of nitrogens with zero attached hydrogens (tertiary/aromatic N) is 1. The average Bonchev–Trinajstić information content (AvgIpc) is 2.62. The first-order valence-electron chi connectivity index (χ1n) is 3.97. The number of benzene rings is 1. The number of hydrogen-bond acceptors (Lipinski definition) is 3. The Labute approximate surface area is 75.7 Å². The second-order valence-corrected chi connectivity index (χ2v) is 2.79. The Morgan fingerprint density at radius 2 is 2.23 bits per heavy atom. The van der Waals surface area contributed by atoms with E-state index in [1.54, 1.807) is 18.3 Å². The van der Waals surface area contributed by atoms with Crippen LogP contribution in [0, 0.1) is 6.92 Å². The molecule has 0 atom stereocenters. The van der Waals surface area contributed by atoms with Crippen molar-refractivity contribution in [2.24, 2.45) is 0 Å². The third-order valence-electron chi connectivity index (χ3n) is 1.97. The lowest BCUT2D eigenvalue weighted by Gasteiger charge is -2.02. The second kappa shape index (κ2) is 2.94. The lowest BCUT2D eigenvalue weighted by Crippen LogP contribution is -1.82. The molecule has 3 nitrogen and oxygen atoms in total. The highest BCUT2D eigenvalue weighted by Crippen LogP contribution is 2.27. The number of rotatable bonds is 1. The molecule has 2 aromatic rings. The van der Waals surface area contributed by atoms with Gasteiger partial charge in [-0.1, -0.05) is 6.07 Å². The summed E-state index contributed by atoms with van der Waals surface area (Å²) in [5.41, 5.74) is 1.61. The zero-order valence-corrected chi connectivity index (χ0v) is 7.19. The van der Waals surface area contributed by atoms with Crippen molar-refractivity contribution in [3.8, 4) is 17.2 Å². The molecule has 0 radical (unpaired) electrons. The normalized spacial score (nSPS) is 10.2. The average molecular weight is 175 g/mol. The van der Waals surface area contributed by atoms with Gasteiger partial charge in [0.1, 0.15) is 12.0 Å². The fourth-order valence-corrected chi connectivity index (χ4v) is 1.21. The first kappa shape index (κ1) is 7.86. The Bertz CT molecular complexity index is 407. The predicted molar refractivity (Wildman–Crippen MR) is 48.3 cm³/mol. The van der Waals surface area contributed by atoms with E-state index in [1.165, 1.54) is 6.26 Å². The molecule has 1 aromatic heterocycles. The molecule has 0 unspecified atom stereocenters. The molecule has 1 aromatic carbocycles. The molecular weight excluding hydrogens is 166 g/mol. The van der Waals surface area contributed by atoms with E-state index in [4.69, 9.17) is 4.42 Å². The number of phenols is 1. The van der Waals surface area contributed by atoms with Crippen LogP contribution in [0.5, 0.6) is 5.75 Å². The highest BCUT2D eigenvalue weighted by Gasteiger charge is 2.07. The van der Waals surface area contributed by atoms with Crippen molar-refractivity contribution >= 4 is 0 Å². The van der Waals surface area contributed by atoms with Crippen LogP contribution in [0.1, 0.15) is 5.56 Å². The Balaban J connectivity index is 2.59. The summed E-state index contributed by atoms with van der Waals surface area (Å²) in [7, 11) is 0. The second-order valence-electron chi connectivity index (χ2n) is 2.79. The maximum Gasteiger partial charge on any atom is 0.226 e. The van der Waals surface area contributed by atoms with Crippen molar-refractivity contribution in [1.29, 1.82) is 0 Å². The first-order valence-corrected chi connectivity index (χ1v) is 3.97. The van der Waals surface area contributed by atoms with Gasteiger partial charge < -0.3 is 9.52 Å². The molecule has 0 aliphatic carbocycles. The van der Waals surface area contributed by atoms with Crippen molar-refractivity contribution in [3.63, 3.8) is 0 Å². The minimum absolute atomic E-state index is 0.260. The fraction of sp³-hybridized carbons (Fsp3) is 0.100. The van der Waals surface area contributed by atoms with Crippen LogP contribution in [0.25, 0.3) is 11.5 Å². The molecule has 3 heteroatoms. The summed E-state index contributed by atoms with van der Waals surface area (Å²) < 4.78 is 5.13. The van der Waals surface area contributed by atoms with E-state index in [9.17, 15) is 5.11 Å². The third-order valence-corrected chi connectivity index (χ3v) is 1.97. The van der Waals surface area contributed by atoms with Gasteiger partial charge in [-0.3, -0.25) is 0 Å². The van der Waals surface area contributed by atoms with Crippen molar-refractivity contribution in [2.45, 2.75) is 6.92 Å². The number of aromatic nitrogens is 1.